The summed E-state index contributed by atoms with van der Waals surface area (Å²) >= 11 is 0. The van der Waals surface area contributed by atoms with Crippen LogP contribution in [0.2, 0.25) is 0 Å². The predicted molar refractivity (Wildman–Crippen MR) is 71.3 cm³/mol. The number of rotatable bonds is 4. The Morgan fingerprint density at radius 2 is 2.26 bits per heavy atom. The summed E-state index contributed by atoms with van der Waals surface area (Å²) in [5.74, 6) is 0.636. The van der Waals surface area contributed by atoms with Crippen molar-refractivity contribution in [2.45, 2.75) is 13.0 Å². The summed E-state index contributed by atoms with van der Waals surface area (Å²) in [6.07, 6.45) is 1.01. The van der Waals surface area contributed by atoms with Gasteiger partial charge in [-0.2, -0.15) is 0 Å². The van der Waals surface area contributed by atoms with Crippen molar-refractivity contribution in [3.05, 3.63) is 23.9 Å². The van der Waals surface area contributed by atoms with Crippen molar-refractivity contribution < 1.29 is 14.6 Å². The number of amides is 1. The third-order valence-electron chi connectivity index (χ3n) is 2.90. The van der Waals surface area contributed by atoms with Gasteiger partial charge >= 0.3 is 0 Å². The van der Waals surface area contributed by atoms with Crippen molar-refractivity contribution >= 4 is 11.7 Å². The topological polar surface area (TPSA) is 74.7 Å². The molecule has 2 N–H and O–H groups in total. The first kappa shape index (κ1) is 13.8. The Balaban J connectivity index is 1.95. The Morgan fingerprint density at radius 3 is 2.84 bits per heavy atom. The first-order valence-corrected chi connectivity index (χ1v) is 6.42. The van der Waals surface area contributed by atoms with Crippen molar-refractivity contribution in [3.8, 4) is 0 Å². The lowest BCUT2D eigenvalue weighted by molar-refractivity contribution is 0.0923. The molecule has 1 unspecified atom stereocenters. The Kier molecular flexibility index (Phi) is 4.70. The first-order valence-electron chi connectivity index (χ1n) is 6.42. The van der Waals surface area contributed by atoms with E-state index in [0.717, 1.165) is 18.9 Å². The molecule has 0 aromatic carbocycles. The highest BCUT2D eigenvalue weighted by molar-refractivity contribution is 5.94. The van der Waals surface area contributed by atoms with E-state index in [1.807, 2.05) is 6.07 Å². The maximum absolute atomic E-state index is 11.7. The number of nitrogens with one attached hydrogen (secondary N) is 1. The maximum atomic E-state index is 11.7. The van der Waals surface area contributed by atoms with Gasteiger partial charge in [0.2, 0.25) is 0 Å². The van der Waals surface area contributed by atoms with Crippen LogP contribution in [0.4, 0.5) is 5.82 Å². The second kappa shape index (κ2) is 6.49. The van der Waals surface area contributed by atoms with Crippen LogP contribution >= 0.6 is 0 Å². The smallest absolute Gasteiger partial charge is 0.252 e. The molecule has 1 fully saturated rings. The highest BCUT2D eigenvalue weighted by Crippen LogP contribution is 2.12. The lowest BCUT2D eigenvalue weighted by Gasteiger charge is -2.27. The molecule has 1 amide bonds. The molecule has 6 nitrogen and oxygen atoms in total. The van der Waals surface area contributed by atoms with Gasteiger partial charge < -0.3 is 20.1 Å². The number of aromatic nitrogens is 1. The number of aliphatic hydroxyl groups excluding tert-OH is 1. The van der Waals surface area contributed by atoms with Gasteiger partial charge in [0.25, 0.3) is 5.91 Å². The number of anilines is 1. The number of carbonyl (C=O) groups is 1. The summed E-state index contributed by atoms with van der Waals surface area (Å²) in [5.41, 5.74) is 0.498. The zero-order valence-corrected chi connectivity index (χ0v) is 11.0. The number of hydrogen-bond acceptors (Lipinski definition) is 5. The van der Waals surface area contributed by atoms with Crippen LogP contribution in [-0.4, -0.2) is 54.9 Å². The van der Waals surface area contributed by atoms with Gasteiger partial charge in [0, 0.05) is 25.8 Å². The van der Waals surface area contributed by atoms with Crippen LogP contribution < -0.4 is 10.2 Å². The first-order chi connectivity index (χ1) is 9.16. The van der Waals surface area contributed by atoms with Crippen LogP contribution in [0.3, 0.4) is 0 Å². The predicted octanol–water partition coefficient (Wildman–Crippen LogP) is 0.0288. The average Bonchev–Trinajstić information content (AvgIpc) is 2.46. The van der Waals surface area contributed by atoms with E-state index < -0.39 is 6.10 Å². The number of aliphatic hydroxyl groups is 1. The lowest BCUT2D eigenvalue weighted by Crippen LogP contribution is -2.36. The largest absolute Gasteiger partial charge is 0.392 e. The Labute approximate surface area is 112 Å². The summed E-state index contributed by atoms with van der Waals surface area (Å²) < 4.78 is 5.28. The fraction of sp³-hybridized carbons (Fsp3) is 0.538. The normalized spacial score (nSPS) is 17.1. The highest BCUT2D eigenvalue weighted by Gasteiger charge is 2.13. The quantitative estimate of drug-likeness (QED) is 0.803. The summed E-state index contributed by atoms with van der Waals surface area (Å²) in [4.78, 5) is 18.2. The van der Waals surface area contributed by atoms with E-state index in [1.165, 1.54) is 0 Å². The van der Waals surface area contributed by atoms with Gasteiger partial charge in [0.15, 0.2) is 0 Å². The number of ether oxygens (including phenoxy) is 1. The van der Waals surface area contributed by atoms with Crippen LogP contribution in [0.5, 0.6) is 0 Å². The number of hydrogen-bond donors (Lipinski definition) is 2. The Morgan fingerprint density at radius 1 is 1.53 bits per heavy atom. The zero-order valence-electron chi connectivity index (χ0n) is 11.0. The highest BCUT2D eigenvalue weighted by atomic mass is 16.5. The average molecular weight is 265 g/mol. The van der Waals surface area contributed by atoms with Crippen LogP contribution in [0.1, 0.15) is 17.3 Å². The fourth-order valence-corrected chi connectivity index (χ4v) is 1.84. The molecular formula is C13H19N3O3. The Hall–Kier alpha value is -1.66. The SMILES string of the molecule is CC(O)CNC(=O)c1ccc(N2CCOCC2)nc1. The van der Waals surface area contributed by atoms with E-state index in [4.69, 9.17) is 9.84 Å². The van der Waals surface area contributed by atoms with Gasteiger partial charge in [-0.05, 0) is 19.1 Å². The molecule has 1 aromatic rings. The van der Waals surface area contributed by atoms with Crippen LogP contribution in [0.15, 0.2) is 18.3 Å². The summed E-state index contributed by atoms with van der Waals surface area (Å²) in [6.45, 7) is 4.92. The van der Waals surface area contributed by atoms with E-state index >= 15 is 0 Å². The Bertz CT molecular complexity index is 414. The van der Waals surface area contributed by atoms with E-state index in [2.05, 4.69) is 15.2 Å². The summed E-state index contributed by atoms with van der Waals surface area (Å²) in [6, 6.07) is 3.58. The van der Waals surface area contributed by atoms with Gasteiger partial charge in [-0.1, -0.05) is 0 Å². The van der Waals surface area contributed by atoms with Crippen molar-refractivity contribution in [2.75, 3.05) is 37.7 Å². The van der Waals surface area contributed by atoms with Gasteiger partial charge in [-0.25, -0.2) is 4.98 Å². The molecule has 0 spiro atoms. The molecule has 104 valence electrons. The fourth-order valence-electron chi connectivity index (χ4n) is 1.84. The minimum Gasteiger partial charge on any atom is -0.392 e. The third kappa shape index (κ3) is 3.90. The van der Waals surface area contributed by atoms with Crippen molar-refractivity contribution in [3.63, 3.8) is 0 Å². The second-order valence-electron chi connectivity index (χ2n) is 4.56. The standard InChI is InChI=1S/C13H19N3O3/c1-10(17)8-15-13(18)11-2-3-12(14-9-11)16-4-6-19-7-5-16/h2-3,9-10,17H,4-8H2,1H3,(H,15,18). The van der Waals surface area contributed by atoms with E-state index in [0.29, 0.717) is 18.8 Å². The minimum absolute atomic E-state index is 0.220. The molecule has 2 rings (SSSR count). The molecule has 1 aliphatic heterocycles. The van der Waals surface area contributed by atoms with Gasteiger partial charge in [-0.3, -0.25) is 4.79 Å². The number of morpholine rings is 1. The summed E-state index contributed by atoms with van der Waals surface area (Å²) in [5, 5.41) is 11.7. The number of nitrogens with zero attached hydrogens (tertiary/aromatic N) is 2. The number of pyridine rings is 1. The van der Waals surface area contributed by atoms with Crippen molar-refractivity contribution in [1.82, 2.24) is 10.3 Å². The van der Waals surface area contributed by atoms with E-state index in [9.17, 15) is 4.79 Å². The van der Waals surface area contributed by atoms with E-state index in [1.54, 1.807) is 19.2 Å². The summed E-state index contributed by atoms with van der Waals surface area (Å²) in [7, 11) is 0. The molecule has 1 atom stereocenters. The molecule has 1 aromatic heterocycles. The lowest BCUT2D eigenvalue weighted by atomic mass is 10.2. The van der Waals surface area contributed by atoms with E-state index in [-0.39, 0.29) is 12.5 Å². The molecule has 19 heavy (non-hydrogen) atoms. The van der Waals surface area contributed by atoms with Crippen molar-refractivity contribution in [1.29, 1.82) is 0 Å². The molecule has 0 aliphatic carbocycles. The van der Waals surface area contributed by atoms with Gasteiger partial charge in [0.1, 0.15) is 5.82 Å². The number of carbonyl (C=O) groups excluding carboxylic acids is 1. The van der Waals surface area contributed by atoms with Crippen molar-refractivity contribution in [2.24, 2.45) is 0 Å². The molecule has 1 aliphatic rings. The second-order valence-corrected chi connectivity index (χ2v) is 4.56. The molecule has 0 bridgehead atoms. The molecular weight excluding hydrogens is 246 g/mol. The van der Waals surface area contributed by atoms with Gasteiger partial charge in [0.05, 0.1) is 24.9 Å². The molecule has 6 heteroatoms. The van der Waals surface area contributed by atoms with Crippen LogP contribution in [-0.2, 0) is 4.74 Å². The maximum Gasteiger partial charge on any atom is 0.252 e. The molecule has 2 heterocycles. The minimum atomic E-state index is -0.551. The molecule has 0 radical (unpaired) electrons. The molecule has 0 saturated carbocycles. The molecule has 1 saturated heterocycles. The van der Waals surface area contributed by atoms with Gasteiger partial charge in [-0.15, -0.1) is 0 Å². The van der Waals surface area contributed by atoms with Crippen LogP contribution in [0.25, 0.3) is 0 Å². The monoisotopic (exact) mass is 265 g/mol. The third-order valence-corrected chi connectivity index (χ3v) is 2.90. The zero-order chi connectivity index (χ0) is 13.7. The van der Waals surface area contributed by atoms with Crippen LogP contribution in [0, 0.1) is 0 Å².